The summed E-state index contributed by atoms with van der Waals surface area (Å²) >= 11 is 0. The Morgan fingerprint density at radius 2 is 2.15 bits per heavy atom. The predicted molar refractivity (Wildman–Crippen MR) is 71.4 cm³/mol. The van der Waals surface area contributed by atoms with E-state index in [2.05, 4.69) is 5.32 Å². The van der Waals surface area contributed by atoms with E-state index in [0.29, 0.717) is 11.3 Å². The van der Waals surface area contributed by atoms with Gasteiger partial charge in [-0.1, -0.05) is 18.2 Å². The molecule has 0 fully saturated rings. The number of hydrogen-bond acceptors (Lipinski definition) is 4. The van der Waals surface area contributed by atoms with Crippen LogP contribution in [0, 0.1) is 6.92 Å². The number of amides is 1. The van der Waals surface area contributed by atoms with Crippen LogP contribution in [-0.4, -0.2) is 16.8 Å². The zero-order chi connectivity index (χ0) is 14.3. The van der Waals surface area contributed by atoms with Gasteiger partial charge in [0.05, 0.1) is 18.4 Å². The van der Waals surface area contributed by atoms with Crippen molar-refractivity contribution in [1.82, 2.24) is 0 Å². The van der Waals surface area contributed by atoms with Gasteiger partial charge in [0.25, 0.3) is 5.91 Å². The third-order valence-corrected chi connectivity index (χ3v) is 3.54. The Bertz CT molecular complexity index is 690. The third-order valence-electron chi connectivity index (χ3n) is 3.54. The number of hydrogen-bond donors (Lipinski definition) is 2. The molecule has 5 nitrogen and oxygen atoms in total. The Morgan fingerprint density at radius 1 is 1.35 bits per heavy atom. The standard InChI is InChI=1S/C15H13NO4/c1-9-4-2-5-10-13(9)16-14(18)15(10,19)8-11(17)12-6-3-7-20-12/h2-7,19H,8H2,1H3,(H,16,18). The van der Waals surface area contributed by atoms with Crippen molar-refractivity contribution in [2.24, 2.45) is 0 Å². The van der Waals surface area contributed by atoms with Gasteiger partial charge in [-0.05, 0) is 24.6 Å². The fourth-order valence-electron chi connectivity index (χ4n) is 2.45. The monoisotopic (exact) mass is 271 g/mol. The molecule has 1 aromatic carbocycles. The zero-order valence-corrected chi connectivity index (χ0v) is 10.8. The number of fused-ring (bicyclic) bond motifs is 1. The summed E-state index contributed by atoms with van der Waals surface area (Å²) in [5, 5.41) is 13.3. The van der Waals surface area contributed by atoms with Gasteiger partial charge in [0.15, 0.2) is 11.4 Å². The van der Waals surface area contributed by atoms with Crippen LogP contribution in [0.3, 0.4) is 0 Å². The fourth-order valence-corrected chi connectivity index (χ4v) is 2.45. The van der Waals surface area contributed by atoms with Crippen molar-refractivity contribution in [1.29, 1.82) is 0 Å². The van der Waals surface area contributed by atoms with E-state index in [-0.39, 0.29) is 12.2 Å². The molecule has 1 unspecified atom stereocenters. The second-order valence-electron chi connectivity index (χ2n) is 4.89. The number of carbonyl (C=O) groups excluding carboxylic acids is 2. The van der Waals surface area contributed by atoms with Gasteiger partial charge in [0.1, 0.15) is 0 Å². The van der Waals surface area contributed by atoms with Crippen LogP contribution >= 0.6 is 0 Å². The predicted octanol–water partition coefficient (Wildman–Crippen LogP) is 2.00. The maximum absolute atomic E-state index is 12.1. The largest absolute Gasteiger partial charge is 0.461 e. The number of para-hydroxylation sites is 1. The maximum atomic E-state index is 12.1. The number of aliphatic hydroxyl groups is 1. The first-order chi connectivity index (χ1) is 9.52. The van der Waals surface area contributed by atoms with E-state index in [0.717, 1.165) is 5.56 Å². The molecule has 0 saturated carbocycles. The molecular weight excluding hydrogens is 258 g/mol. The van der Waals surface area contributed by atoms with Gasteiger partial charge in [-0.2, -0.15) is 0 Å². The molecule has 0 spiro atoms. The van der Waals surface area contributed by atoms with Gasteiger partial charge in [-0.15, -0.1) is 0 Å². The van der Waals surface area contributed by atoms with E-state index >= 15 is 0 Å². The molecule has 0 saturated heterocycles. The summed E-state index contributed by atoms with van der Waals surface area (Å²) < 4.78 is 5.01. The van der Waals surface area contributed by atoms with E-state index in [1.165, 1.54) is 12.3 Å². The Balaban J connectivity index is 1.99. The van der Waals surface area contributed by atoms with E-state index < -0.39 is 17.3 Å². The van der Waals surface area contributed by atoms with Crippen molar-refractivity contribution in [2.75, 3.05) is 5.32 Å². The molecule has 2 heterocycles. The summed E-state index contributed by atoms with van der Waals surface area (Å²) in [5.74, 6) is -0.865. The summed E-state index contributed by atoms with van der Waals surface area (Å²) in [7, 11) is 0. The molecule has 3 rings (SSSR count). The van der Waals surface area contributed by atoms with Gasteiger partial charge in [-0.25, -0.2) is 0 Å². The van der Waals surface area contributed by atoms with Gasteiger partial charge in [0, 0.05) is 5.56 Å². The summed E-state index contributed by atoms with van der Waals surface area (Å²) in [6.07, 6.45) is 1.03. The molecule has 20 heavy (non-hydrogen) atoms. The quantitative estimate of drug-likeness (QED) is 0.837. The third kappa shape index (κ3) is 1.75. The molecular formula is C15H13NO4. The minimum Gasteiger partial charge on any atom is -0.461 e. The van der Waals surface area contributed by atoms with Crippen LogP contribution in [0.25, 0.3) is 0 Å². The molecule has 102 valence electrons. The first-order valence-electron chi connectivity index (χ1n) is 6.23. The highest BCUT2D eigenvalue weighted by molar-refractivity contribution is 6.09. The van der Waals surface area contributed by atoms with Gasteiger partial charge >= 0.3 is 0 Å². The van der Waals surface area contributed by atoms with Crippen LogP contribution in [-0.2, 0) is 10.4 Å². The number of Topliss-reactive ketones (excluding diaryl/α,β-unsaturated/α-hetero) is 1. The van der Waals surface area contributed by atoms with Crippen LogP contribution in [0.15, 0.2) is 41.0 Å². The number of aryl methyl sites for hydroxylation is 1. The minimum absolute atomic E-state index is 0.132. The molecule has 1 aliphatic heterocycles. The summed E-state index contributed by atoms with van der Waals surface area (Å²) in [5.41, 5.74) is 0.0115. The molecule has 5 heteroatoms. The fraction of sp³-hybridized carbons (Fsp3) is 0.200. The average molecular weight is 271 g/mol. The number of nitrogens with one attached hydrogen (secondary N) is 1. The molecule has 1 atom stereocenters. The first-order valence-corrected chi connectivity index (χ1v) is 6.23. The molecule has 0 radical (unpaired) electrons. The van der Waals surface area contributed by atoms with Crippen LogP contribution < -0.4 is 5.32 Å². The van der Waals surface area contributed by atoms with E-state index in [9.17, 15) is 14.7 Å². The van der Waals surface area contributed by atoms with Crippen LogP contribution in [0.1, 0.15) is 28.1 Å². The lowest BCUT2D eigenvalue weighted by Gasteiger charge is -2.19. The molecule has 1 aliphatic rings. The van der Waals surface area contributed by atoms with Crippen molar-refractivity contribution >= 4 is 17.4 Å². The van der Waals surface area contributed by atoms with E-state index in [1.807, 2.05) is 13.0 Å². The maximum Gasteiger partial charge on any atom is 0.261 e. The van der Waals surface area contributed by atoms with Gasteiger partial charge in [-0.3, -0.25) is 9.59 Å². The number of anilines is 1. The number of carbonyl (C=O) groups is 2. The number of furan rings is 1. The molecule has 2 aromatic rings. The molecule has 2 N–H and O–H groups in total. The van der Waals surface area contributed by atoms with Crippen LogP contribution in [0.4, 0.5) is 5.69 Å². The lowest BCUT2D eigenvalue weighted by Crippen LogP contribution is -2.36. The normalized spacial score (nSPS) is 20.6. The van der Waals surface area contributed by atoms with Gasteiger partial charge < -0.3 is 14.8 Å². The smallest absolute Gasteiger partial charge is 0.261 e. The molecule has 1 amide bonds. The average Bonchev–Trinajstić information content (AvgIpc) is 3.01. The summed E-state index contributed by atoms with van der Waals surface area (Å²) in [4.78, 5) is 24.1. The van der Waals surface area contributed by atoms with Crippen molar-refractivity contribution in [3.8, 4) is 0 Å². The summed E-state index contributed by atoms with van der Waals surface area (Å²) in [6, 6.07) is 8.32. The Hall–Kier alpha value is -2.40. The number of benzene rings is 1. The highest BCUT2D eigenvalue weighted by atomic mass is 16.3. The van der Waals surface area contributed by atoms with E-state index in [4.69, 9.17) is 4.42 Å². The lowest BCUT2D eigenvalue weighted by molar-refractivity contribution is -0.133. The van der Waals surface area contributed by atoms with Gasteiger partial charge in [0.2, 0.25) is 5.78 Å². The SMILES string of the molecule is Cc1cccc2c1NC(=O)C2(O)CC(=O)c1ccco1. The second-order valence-corrected chi connectivity index (χ2v) is 4.89. The first kappa shape index (κ1) is 12.6. The van der Waals surface area contributed by atoms with Crippen molar-refractivity contribution in [3.05, 3.63) is 53.5 Å². The van der Waals surface area contributed by atoms with Crippen molar-refractivity contribution < 1.29 is 19.1 Å². The van der Waals surface area contributed by atoms with Crippen LogP contribution in [0.2, 0.25) is 0 Å². The topological polar surface area (TPSA) is 79.5 Å². The Morgan fingerprint density at radius 3 is 2.85 bits per heavy atom. The Kier molecular flexibility index (Phi) is 2.72. The zero-order valence-electron chi connectivity index (χ0n) is 10.8. The number of rotatable bonds is 3. The highest BCUT2D eigenvalue weighted by Crippen LogP contribution is 2.40. The Labute approximate surface area is 115 Å². The second kappa shape index (κ2) is 4.31. The van der Waals surface area contributed by atoms with Crippen LogP contribution in [0.5, 0.6) is 0 Å². The minimum atomic E-state index is -1.84. The summed E-state index contributed by atoms with van der Waals surface area (Å²) in [6.45, 7) is 1.83. The molecule has 0 bridgehead atoms. The van der Waals surface area contributed by atoms with Crippen molar-refractivity contribution in [2.45, 2.75) is 18.9 Å². The molecule has 1 aromatic heterocycles. The molecule has 0 aliphatic carbocycles. The highest BCUT2D eigenvalue weighted by Gasteiger charge is 2.47. The van der Waals surface area contributed by atoms with E-state index in [1.54, 1.807) is 18.2 Å². The lowest BCUT2D eigenvalue weighted by atomic mass is 9.88. The number of ketones is 1. The van der Waals surface area contributed by atoms with Crippen molar-refractivity contribution in [3.63, 3.8) is 0 Å².